The third kappa shape index (κ3) is 1.86. The number of nitrogens with zero attached hydrogens (tertiary/aromatic N) is 3. The fourth-order valence-electron chi connectivity index (χ4n) is 0.757. The maximum absolute atomic E-state index is 8.63. The lowest BCUT2D eigenvalue weighted by Crippen LogP contribution is -2.32. The minimum absolute atomic E-state index is 0.166. The Labute approximate surface area is 79.9 Å². The molecule has 1 rings (SSSR count). The number of nitriles is 1. The number of hydrogen-bond donors (Lipinski definition) is 2. The van der Waals surface area contributed by atoms with E-state index < -0.39 is 5.96 Å². The summed E-state index contributed by atoms with van der Waals surface area (Å²) < 4.78 is 0. The van der Waals surface area contributed by atoms with Gasteiger partial charge in [-0.15, -0.1) is 0 Å². The van der Waals surface area contributed by atoms with Crippen LogP contribution in [0.2, 0.25) is 5.02 Å². The first-order valence-corrected chi connectivity index (χ1v) is 3.69. The Kier molecular flexibility index (Phi) is 2.67. The monoisotopic (exact) mass is 195 g/mol. The van der Waals surface area contributed by atoms with Crippen LogP contribution in [-0.2, 0) is 0 Å². The lowest BCUT2D eigenvalue weighted by molar-refractivity contribution is 1.17. The Morgan fingerprint density at radius 3 is 2.92 bits per heavy atom. The van der Waals surface area contributed by atoms with E-state index in [4.69, 9.17) is 28.0 Å². The van der Waals surface area contributed by atoms with Crippen molar-refractivity contribution in [1.82, 2.24) is 4.98 Å². The molecule has 0 aliphatic carbocycles. The highest BCUT2D eigenvalue weighted by atomic mass is 35.5. The lowest BCUT2D eigenvalue weighted by atomic mass is 10.4. The van der Waals surface area contributed by atoms with Crippen LogP contribution >= 0.6 is 11.6 Å². The summed E-state index contributed by atoms with van der Waals surface area (Å²) in [5, 5.41) is 16.0. The van der Waals surface area contributed by atoms with Crippen LogP contribution < -0.4 is 10.6 Å². The number of nitrogens with two attached hydrogens (primary N) is 1. The molecule has 1 aromatic heterocycles. The van der Waals surface area contributed by atoms with Crippen molar-refractivity contribution in [3.8, 4) is 6.19 Å². The molecule has 0 spiro atoms. The second-order valence-electron chi connectivity index (χ2n) is 2.13. The molecule has 13 heavy (non-hydrogen) atoms. The molecule has 0 saturated heterocycles. The molecule has 0 aliphatic heterocycles. The van der Waals surface area contributed by atoms with Crippen LogP contribution in [-0.4, -0.2) is 10.9 Å². The van der Waals surface area contributed by atoms with Gasteiger partial charge >= 0.3 is 0 Å². The van der Waals surface area contributed by atoms with E-state index in [1.165, 1.54) is 6.20 Å². The van der Waals surface area contributed by atoms with Gasteiger partial charge in [0.2, 0.25) is 5.96 Å². The standard InChI is InChI=1S/C7H6ClN5/c8-5-2-1-3-12-6(5)13(4-9)7(10)11/h1-3H,(H3,10,11). The maximum atomic E-state index is 8.63. The zero-order valence-corrected chi connectivity index (χ0v) is 7.28. The zero-order valence-electron chi connectivity index (χ0n) is 6.53. The molecule has 0 unspecified atom stereocenters. The number of rotatable bonds is 1. The van der Waals surface area contributed by atoms with Crippen LogP contribution in [0.4, 0.5) is 5.82 Å². The molecular formula is C7H6ClN5. The van der Waals surface area contributed by atoms with Gasteiger partial charge in [0.1, 0.15) is 0 Å². The van der Waals surface area contributed by atoms with Gasteiger partial charge in [-0.1, -0.05) is 11.6 Å². The molecule has 0 aliphatic rings. The first kappa shape index (κ1) is 9.29. The van der Waals surface area contributed by atoms with Crippen molar-refractivity contribution in [1.29, 1.82) is 10.7 Å². The zero-order chi connectivity index (χ0) is 9.84. The molecule has 1 heterocycles. The maximum Gasteiger partial charge on any atom is 0.208 e. The summed E-state index contributed by atoms with van der Waals surface area (Å²) in [6.45, 7) is 0. The molecule has 0 aromatic carbocycles. The van der Waals surface area contributed by atoms with E-state index in [0.29, 0.717) is 0 Å². The Morgan fingerprint density at radius 2 is 2.46 bits per heavy atom. The second kappa shape index (κ2) is 3.74. The summed E-state index contributed by atoms with van der Waals surface area (Å²) in [7, 11) is 0. The number of guanidine groups is 1. The molecule has 6 heteroatoms. The average Bonchev–Trinajstić information content (AvgIpc) is 2.09. The van der Waals surface area contributed by atoms with Gasteiger partial charge in [-0.05, 0) is 12.1 Å². The van der Waals surface area contributed by atoms with Crippen molar-refractivity contribution in [3.63, 3.8) is 0 Å². The smallest absolute Gasteiger partial charge is 0.208 e. The minimum atomic E-state index is -0.414. The van der Waals surface area contributed by atoms with Gasteiger partial charge in [0.15, 0.2) is 12.0 Å². The van der Waals surface area contributed by atoms with E-state index in [9.17, 15) is 0 Å². The molecule has 0 saturated carbocycles. The number of pyridine rings is 1. The Balaban J connectivity index is 3.14. The molecule has 66 valence electrons. The van der Waals surface area contributed by atoms with Gasteiger partial charge in [-0.25, -0.2) is 4.98 Å². The fourth-order valence-corrected chi connectivity index (χ4v) is 0.963. The Bertz CT molecular complexity index is 369. The van der Waals surface area contributed by atoms with E-state index in [-0.39, 0.29) is 10.8 Å². The fraction of sp³-hybridized carbons (Fsp3) is 0. The SMILES string of the molecule is N#CN(C(=N)N)c1ncccc1Cl. The number of halogens is 1. The van der Waals surface area contributed by atoms with Crippen LogP contribution in [0.25, 0.3) is 0 Å². The Hall–Kier alpha value is -1.80. The molecule has 3 N–H and O–H groups in total. The molecule has 0 fully saturated rings. The first-order chi connectivity index (χ1) is 6.16. The summed E-state index contributed by atoms with van der Waals surface area (Å²) in [5.41, 5.74) is 5.14. The van der Waals surface area contributed by atoms with E-state index in [0.717, 1.165) is 4.90 Å². The van der Waals surface area contributed by atoms with Gasteiger partial charge in [0, 0.05) is 6.20 Å². The normalized spacial score (nSPS) is 8.92. The molecule has 0 radical (unpaired) electrons. The minimum Gasteiger partial charge on any atom is -0.369 e. The largest absolute Gasteiger partial charge is 0.369 e. The highest BCUT2D eigenvalue weighted by Crippen LogP contribution is 2.20. The predicted octanol–water partition coefficient (Wildman–Crippen LogP) is 0.916. The number of nitrogens with one attached hydrogen (secondary N) is 1. The van der Waals surface area contributed by atoms with Crippen molar-refractivity contribution in [2.24, 2.45) is 5.73 Å². The van der Waals surface area contributed by atoms with Gasteiger partial charge in [-0.2, -0.15) is 10.2 Å². The molecular weight excluding hydrogens is 190 g/mol. The van der Waals surface area contributed by atoms with Gasteiger partial charge in [-0.3, -0.25) is 5.41 Å². The highest BCUT2D eigenvalue weighted by molar-refractivity contribution is 6.33. The highest BCUT2D eigenvalue weighted by Gasteiger charge is 2.12. The lowest BCUT2D eigenvalue weighted by Gasteiger charge is -2.12. The summed E-state index contributed by atoms with van der Waals surface area (Å²) in [6.07, 6.45) is 3.16. The van der Waals surface area contributed by atoms with Crippen molar-refractivity contribution in [2.45, 2.75) is 0 Å². The van der Waals surface area contributed by atoms with Crippen LogP contribution in [0.1, 0.15) is 0 Å². The summed E-state index contributed by atoms with van der Waals surface area (Å²) in [6, 6.07) is 3.19. The van der Waals surface area contributed by atoms with E-state index in [1.54, 1.807) is 18.3 Å². The van der Waals surface area contributed by atoms with Crippen molar-refractivity contribution < 1.29 is 0 Å². The molecule has 5 nitrogen and oxygen atoms in total. The molecule has 0 atom stereocenters. The summed E-state index contributed by atoms with van der Waals surface area (Å²) in [4.78, 5) is 4.66. The van der Waals surface area contributed by atoms with Crippen molar-refractivity contribution >= 4 is 23.4 Å². The number of hydrogen-bond acceptors (Lipinski definition) is 3. The van der Waals surface area contributed by atoms with E-state index in [1.807, 2.05) is 0 Å². The van der Waals surface area contributed by atoms with Crippen molar-refractivity contribution in [3.05, 3.63) is 23.4 Å². The Morgan fingerprint density at radius 1 is 1.77 bits per heavy atom. The van der Waals surface area contributed by atoms with Crippen LogP contribution in [0.15, 0.2) is 18.3 Å². The van der Waals surface area contributed by atoms with Crippen LogP contribution in [0.5, 0.6) is 0 Å². The topological polar surface area (TPSA) is 89.8 Å². The average molecular weight is 196 g/mol. The van der Waals surface area contributed by atoms with Crippen molar-refractivity contribution in [2.75, 3.05) is 4.90 Å². The van der Waals surface area contributed by atoms with E-state index >= 15 is 0 Å². The summed E-state index contributed by atoms with van der Waals surface area (Å²) >= 11 is 5.73. The van der Waals surface area contributed by atoms with Gasteiger partial charge < -0.3 is 5.73 Å². The first-order valence-electron chi connectivity index (χ1n) is 3.31. The quantitative estimate of drug-likeness (QED) is 0.302. The summed E-state index contributed by atoms with van der Waals surface area (Å²) in [5.74, 6) is -0.248. The molecule has 1 aromatic rings. The van der Waals surface area contributed by atoms with Crippen LogP contribution in [0.3, 0.4) is 0 Å². The second-order valence-corrected chi connectivity index (χ2v) is 2.54. The van der Waals surface area contributed by atoms with Crippen LogP contribution in [0, 0.1) is 16.9 Å². The number of anilines is 1. The molecule has 0 amide bonds. The van der Waals surface area contributed by atoms with E-state index in [2.05, 4.69) is 4.98 Å². The number of aromatic nitrogens is 1. The van der Waals surface area contributed by atoms with Gasteiger partial charge in [0.25, 0.3) is 0 Å². The third-order valence-corrected chi connectivity index (χ3v) is 1.59. The third-order valence-electron chi connectivity index (χ3n) is 1.29. The predicted molar refractivity (Wildman–Crippen MR) is 49.3 cm³/mol. The molecule has 0 bridgehead atoms. The van der Waals surface area contributed by atoms with Gasteiger partial charge in [0.05, 0.1) is 5.02 Å².